The fourth-order valence-corrected chi connectivity index (χ4v) is 1.85. The summed E-state index contributed by atoms with van der Waals surface area (Å²) in [5.74, 6) is -0.501. The van der Waals surface area contributed by atoms with Gasteiger partial charge in [-0.05, 0) is 39.0 Å². The molecule has 5 heteroatoms. The van der Waals surface area contributed by atoms with Gasteiger partial charge in [-0.1, -0.05) is 0 Å². The minimum atomic E-state index is -0.866. The van der Waals surface area contributed by atoms with E-state index in [1.807, 2.05) is 11.8 Å². The molecule has 0 aliphatic carbocycles. The Morgan fingerprint density at radius 3 is 2.50 bits per heavy atom. The molecule has 18 heavy (non-hydrogen) atoms. The molecule has 0 bridgehead atoms. The molecule has 0 saturated heterocycles. The van der Waals surface area contributed by atoms with Crippen LogP contribution in [-0.2, 0) is 0 Å². The molecule has 1 rings (SSSR count). The van der Waals surface area contributed by atoms with Crippen molar-refractivity contribution in [1.29, 1.82) is 0 Å². The monoisotopic (exact) mass is 251 g/mol. The van der Waals surface area contributed by atoms with Crippen molar-refractivity contribution in [2.45, 2.75) is 26.4 Å². The molecule has 1 amide bonds. The fourth-order valence-electron chi connectivity index (χ4n) is 1.85. The normalized spacial score (nSPS) is 11.3. The number of carbonyl (C=O) groups is 1. The average Bonchev–Trinajstić information content (AvgIpc) is 2.24. The number of hydrogen-bond acceptors (Lipinski definition) is 4. The molecule has 0 spiro atoms. The maximum atomic E-state index is 11.4. The van der Waals surface area contributed by atoms with Crippen LogP contribution < -0.4 is 16.4 Å². The van der Waals surface area contributed by atoms with Gasteiger partial charge in [0, 0.05) is 18.8 Å². The lowest BCUT2D eigenvalue weighted by Crippen LogP contribution is -2.39. The second kappa shape index (κ2) is 5.27. The molecule has 0 fully saturated rings. The molecule has 100 valence electrons. The van der Waals surface area contributed by atoms with Crippen LogP contribution in [0.1, 0.15) is 31.1 Å². The number of nitrogen functional groups attached to an aromatic ring is 1. The topological polar surface area (TPSA) is 92.6 Å². The van der Waals surface area contributed by atoms with Crippen LogP contribution in [0.4, 0.5) is 11.4 Å². The van der Waals surface area contributed by atoms with Gasteiger partial charge in [0.2, 0.25) is 0 Å². The standard InChI is InChI=1S/C13H21N3O2/c1-4-16(8-13(2,3)18)11-7-9(14)5-6-10(11)12(15)17/h5-7,18H,4,8,14H2,1-3H3,(H2,15,17). The first-order valence-electron chi connectivity index (χ1n) is 5.91. The summed E-state index contributed by atoms with van der Waals surface area (Å²) >= 11 is 0. The van der Waals surface area contributed by atoms with E-state index in [0.29, 0.717) is 30.0 Å². The number of primary amides is 1. The van der Waals surface area contributed by atoms with Crippen LogP contribution in [0, 0.1) is 0 Å². The lowest BCUT2D eigenvalue weighted by molar-refractivity contribution is 0.0872. The summed E-state index contributed by atoms with van der Waals surface area (Å²) in [6, 6.07) is 4.96. The molecule has 0 saturated carbocycles. The van der Waals surface area contributed by atoms with E-state index in [-0.39, 0.29) is 0 Å². The Balaban J connectivity index is 3.19. The van der Waals surface area contributed by atoms with Gasteiger partial charge < -0.3 is 21.5 Å². The molecule has 1 aromatic carbocycles. The number of benzene rings is 1. The Bertz CT molecular complexity index is 438. The Kier molecular flexibility index (Phi) is 4.19. The minimum Gasteiger partial charge on any atom is -0.399 e. The number of nitrogens with zero attached hydrogens (tertiary/aromatic N) is 1. The summed E-state index contributed by atoms with van der Waals surface area (Å²) in [7, 11) is 0. The van der Waals surface area contributed by atoms with Gasteiger partial charge in [0.25, 0.3) is 5.91 Å². The minimum absolute atomic E-state index is 0.396. The Morgan fingerprint density at radius 1 is 1.44 bits per heavy atom. The lowest BCUT2D eigenvalue weighted by Gasteiger charge is -2.31. The van der Waals surface area contributed by atoms with Crippen molar-refractivity contribution < 1.29 is 9.90 Å². The summed E-state index contributed by atoms with van der Waals surface area (Å²) in [6.07, 6.45) is 0. The van der Waals surface area contributed by atoms with Crippen molar-refractivity contribution in [2.24, 2.45) is 5.73 Å². The predicted molar refractivity (Wildman–Crippen MR) is 73.6 cm³/mol. The summed E-state index contributed by atoms with van der Waals surface area (Å²) in [5, 5.41) is 9.89. The Hall–Kier alpha value is -1.75. The van der Waals surface area contributed by atoms with E-state index in [1.54, 1.807) is 32.0 Å². The first kappa shape index (κ1) is 14.3. The number of anilines is 2. The Morgan fingerprint density at radius 2 is 2.06 bits per heavy atom. The number of hydrogen-bond donors (Lipinski definition) is 3. The fraction of sp³-hybridized carbons (Fsp3) is 0.462. The van der Waals surface area contributed by atoms with Gasteiger partial charge in [-0.3, -0.25) is 4.79 Å². The highest BCUT2D eigenvalue weighted by molar-refractivity contribution is 5.99. The van der Waals surface area contributed by atoms with E-state index < -0.39 is 11.5 Å². The summed E-state index contributed by atoms with van der Waals surface area (Å²) in [6.45, 7) is 6.42. The molecular formula is C13H21N3O2. The highest BCUT2D eigenvalue weighted by Crippen LogP contribution is 2.24. The maximum absolute atomic E-state index is 11.4. The van der Waals surface area contributed by atoms with Crippen LogP contribution in [-0.4, -0.2) is 29.7 Å². The largest absolute Gasteiger partial charge is 0.399 e. The molecule has 0 aliphatic heterocycles. The smallest absolute Gasteiger partial charge is 0.250 e. The third-order valence-electron chi connectivity index (χ3n) is 2.59. The molecule has 0 unspecified atom stereocenters. The number of nitrogens with two attached hydrogens (primary N) is 2. The molecule has 0 heterocycles. The van der Waals surface area contributed by atoms with Crippen molar-refractivity contribution in [3.8, 4) is 0 Å². The molecule has 5 N–H and O–H groups in total. The van der Waals surface area contributed by atoms with Crippen molar-refractivity contribution in [3.63, 3.8) is 0 Å². The van der Waals surface area contributed by atoms with Crippen LogP contribution in [0.5, 0.6) is 0 Å². The lowest BCUT2D eigenvalue weighted by atomic mass is 10.1. The molecular weight excluding hydrogens is 230 g/mol. The summed E-state index contributed by atoms with van der Waals surface area (Å²) < 4.78 is 0. The van der Waals surface area contributed by atoms with Gasteiger partial charge in [0.15, 0.2) is 0 Å². The average molecular weight is 251 g/mol. The van der Waals surface area contributed by atoms with Crippen molar-refractivity contribution in [1.82, 2.24) is 0 Å². The second-order valence-electron chi connectivity index (χ2n) is 4.97. The van der Waals surface area contributed by atoms with Gasteiger partial charge in [-0.15, -0.1) is 0 Å². The zero-order chi connectivity index (χ0) is 13.9. The van der Waals surface area contributed by atoms with Gasteiger partial charge in [-0.2, -0.15) is 0 Å². The summed E-state index contributed by atoms with van der Waals surface area (Å²) in [5.41, 5.74) is 11.9. The number of likely N-dealkylation sites (N-methyl/N-ethyl adjacent to an activating group) is 1. The van der Waals surface area contributed by atoms with Gasteiger partial charge in [0.05, 0.1) is 16.9 Å². The third kappa shape index (κ3) is 3.63. The van der Waals surface area contributed by atoms with Crippen LogP contribution in [0.2, 0.25) is 0 Å². The van der Waals surface area contributed by atoms with Crippen LogP contribution in [0.25, 0.3) is 0 Å². The molecule has 0 aliphatic rings. The van der Waals surface area contributed by atoms with Gasteiger partial charge in [0.1, 0.15) is 0 Å². The van der Waals surface area contributed by atoms with Crippen LogP contribution in [0.3, 0.4) is 0 Å². The van der Waals surface area contributed by atoms with E-state index in [9.17, 15) is 9.90 Å². The van der Waals surface area contributed by atoms with Crippen molar-refractivity contribution in [2.75, 3.05) is 23.7 Å². The van der Waals surface area contributed by atoms with E-state index in [0.717, 1.165) is 0 Å². The zero-order valence-electron chi connectivity index (χ0n) is 11.1. The quantitative estimate of drug-likeness (QED) is 0.680. The highest BCUT2D eigenvalue weighted by Gasteiger charge is 2.21. The molecule has 1 aromatic rings. The molecule has 0 aromatic heterocycles. The summed E-state index contributed by atoms with van der Waals surface area (Å²) in [4.78, 5) is 13.3. The van der Waals surface area contributed by atoms with Crippen LogP contribution >= 0.6 is 0 Å². The first-order chi connectivity index (χ1) is 8.24. The molecule has 0 atom stereocenters. The van der Waals surface area contributed by atoms with Crippen molar-refractivity contribution >= 4 is 17.3 Å². The first-order valence-corrected chi connectivity index (χ1v) is 5.91. The van der Waals surface area contributed by atoms with E-state index in [2.05, 4.69) is 0 Å². The highest BCUT2D eigenvalue weighted by atomic mass is 16.3. The predicted octanol–water partition coefficient (Wildman–Crippen LogP) is 0.965. The Labute approximate surface area is 107 Å². The molecule has 0 radical (unpaired) electrons. The van der Waals surface area contributed by atoms with E-state index >= 15 is 0 Å². The number of amides is 1. The van der Waals surface area contributed by atoms with E-state index in [4.69, 9.17) is 11.5 Å². The van der Waals surface area contributed by atoms with Gasteiger partial charge in [-0.25, -0.2) is 0 Å². The maximum Gasteiger partial charge on any atom is 0.250 e. The SMILES string of the molecule is CCN(CC(C)(C)O)c1cc(N)ccc1C(N)=O. The van der Waals surface area contributed by atoms with Crippen molar-refractivity contribution in [3.05, 3.63) is 23.8 Å². The molecule has 5 nitrogen and oxygen atoms in total. The van der Waals surface area contributed by atoms with Crippen LogP contribution in [0.15, 0.2) is 18.2 Å². The number of carbonyl (C=O) groups excluding carboxylic acids is 1. The second-order valence-corrected chi connectivity index (χ2v) is 4.97. The zero-order valence-corrected chi connectivity index (χ0v) is 11.1. The van der Waals surface area contributed by atoms with E-state index in [1.165, 1.54) is 0 Å². The number of rotatable bonds is 5. The number of aliphatic hydroxyl groups is 1. The third-order valence-corrected chi connectivity index (χ3v) is 2.59. The van der Waals surface area contributed by atoms with Gasteiger partial charge >= 0.3 is 0 Å².